The van der Waals surface area contributed by atoms with Gasteiger partial charge in [0.2, 0.25) is 0 Å². The largest absolute Gasteiger partial charge is 0.420 e. The average molecular weight is 294 g/mol. The molecule has 0 aromatic heterocycles. The molecule has 1 heterocycles. The summed E-state index contributed by atoms with van der Waals surface area (Å²) in [5, 5.41) is 0.873. The first-order chi connectivity index (χ1) is 9.15. The quantitative estimate of drug-likeness (QED) is 0.774. The first-order valence-corrected chi connectivity index (χ1v) is 6.43. The summed E-state index contributed by atoms with van der Waals surface area (Å²) in [5.41, 5.74) is 1.57. The molecule has 1 aliphatic heterocycles. The molecule has 2 aromatic rings. The fourth-order valence-corrected chi connectivity index (χ4v) is 2.60. The molecule has 0 atom stereocenters. The number of anilines is 1. The second-order valence-electron chi connectivity index (χ2n) is 4.17. The van der Waals surface area contributed by atoms with Crippen molar-refractivity contribution in [2.24, 2.45) is 0 Å². The van der Waals surface area contributed by atoms with Crippen LogP contribution in [0.5, 0.6) is 5.75 Å². The normalized spacial score (nSPS) is 14.0. The van der Waals surface area contributed by atoms with E-state index >= 15 is 0 Å². The lowest BCUT2D eigenvalue weighted by Crippen LogP contribution is -2.37. The van der Waals surface area contributed by atoms with Crippen molar-refractivity contribution in [2.45, 2.75) is 6.54 Å². The molecule has 0 radical (unpaired) electrons. The molecular weight excluding hydrogens is 285 g/mol. The highest BCUT2D eigenvalue weighted by Crippen LogP contribution is 2.37. The molecule has 0 bridgehead atoms. The zero-order valence-corrected chi connectivity index (χ0v) is 11.3. The zero-order chi connectivity index (χ0) is 13.4. The van der Waals surface area contributed by atoms with Crippen LogP contribution in [0.1, 0.15) is 5.56 Å². The van der Waals surface area contributed by atoms with E-state index in [9.17, 15) is 4.79 Å². The SMILES string of the molecule is O=C1Oc2c(Cl)cc(Cl)cc2CN1c1ccccc1. The van der Waals surface area contributed by atoms with Crippen LogP contribution in [0.3, 0.4) is 0 Å². The van der Waals surface area contributed by atoms with E-state index in [1.165, 1.54) is 4.90 Å². The summed E-state index contributed by atoms with van der Waals surface area (Å²) in [7, 11) is 0. The molecule has 96 valence electrons. The second-order valence-corrected chi connectivity index (χ2v) is 5.01. The zero-order valence-electron chi connectivity index (χ0n) is 9.77. The molecule has 2 aromatic carbocycles. The number of carbonyl (C=O) groups is 1. The lowest BCUT2D eigenvalue weighted by atomic mass is 10.1. The molecule has 19 heavy (non-hydrogen) atoms. The molecule has 1 amide bonds. The number of hydrogen-bond donors (Lipinski definition) is 0. The van der Waals surface area contributed by atoms with Crippen molar-refractivity contribution >= 4 is 35.0 Å². The van der Waals surface area contributed by atoms with Gasteiger partial charge >= 0.3 is 6.09 Å². The maximum atomic E-state index is 12.0. The van der Waals surface area contributed by atoms with E-state index in [-0.39, 0.29) is 0 Å². The van der Waals surface area contributed by atoms with E-state index in [1.807, 2.05) is 30.3 Å². The highest BCUT2D eigenvalue weighted by atomic mass is 35.5. The molecule has 0 spiro atoms. The summed E-state index contributed by atoms with van der Waals surface area (Å²) < 4.78 is 5.28. The van der Waals surface area contributed by atoms with Gasteiger partial charge in [-0.2, -0.15) is 0 Å². The van der Waals surface area contributed by atoms with Gasteiger partial charge in [0.05, 0.1) is 11.6 Å². The van der Waals surface area contributed by atoms with Crippen LogP contribution in [0.15, 0.2) is 42.5 Å². The lowest BCUT2D eigenvalue weighted by Gasteiger charge is -2.28. The number of ether oxygens (including phenoxy) is 1. The van der Waals surface area contributed by atoms with E-state index in [2.05, 4.69) is 0 Å². The number of para-hydroxylation sites is 1. The second kappa shape index (κ2) is 4.76. The molecular formula is C14H9Cl2NO2. The van der Waals surface area contributed by atoms with Crippen LogP contribution < -0.4 is 9.64 Å². The molecule has 0 saturated heterocycles. The van der Waals surface area contributed by atoms with Gasteiger partial charge in [-0.05, 0) is 24.3 Å². The summed E-state index contributed by atoms with van der Waals surface area (Å²) in [6.45, 7) is 0.387. The highest BCUT2D eigenvalue weighted by molar-refractivity contribution is 6.35. The van der Waals surface area contributed by atoms with Gasteiger partial charge in [-0.1, -0.05) is 41.4 Å². The first-order valence-electron chi connectivity index (χ1n) is 5.67. The minimum atomic E-state index is -0.442. The van der Waals surface area contributed by atoms with Gasteiger partial charge in [0.1, 0.15) is 0 Å². The van der Waals surface area contributed by atoms with E-state index in [0.29, 0.717) is 22.3 Å². The van der Waals surface area contributed by atoms with Gasteiger partial charge in [0.25, 0.3) is 0 Å². The summed E-state index contributed by atoms with van der Waals surface area (Å²) in [6, 6.07) is 12.6. The molecule has 3 rings (SSSR count). The van der Waals surface area contributed by atoms with Crippen molar-refractivity contribution < 1.29 is 9.53 Å². The fourth-order valence-electron chi connectivity index (χ4n) is 2.03. The standard InChI is InChI=1S/C14H9Cl2NO2/c15-10-6-9-8-17(11-4-2-1-3-5-11)14(18)19-13(9)12(16)7-10/h1-7H,8H2. The Morgan fingerprint density at radius 1 is 1.11 bits per heavy atom. The Morgan fingerprint density at radius 3 is 2.58 bits per heavy atom. The molecule has 0 aliphatic carbocycles. The number of nitrogens with zero attached hydrogens (tertiary/aromatic N) is 1. The third-order valence-electron chi connectivity index (χ3n) is 2.89. The van der Waals surface area contributed by atoms with Crippen LogP contribution in [-0.2, 0) is 6.54 Å². The van der Waals surface area contributed by atoms with Gasteiger partial charge in [-0.3, -0.25) is 4.90 Å². The molecule has 3 nitrogen and oxygen atoms in total. The number of carbonyl (C=O) groups excluding carboxylic acids is 1. The number of hydrogen-bond acceptors (Lipinski definition) is 2. The maximum absolute atomic E-state index is 12.0. The Balaban J connectivity index is 2.03. The van der Waals surface area contributed by atoms with Gasteiger partial charge in [-0.25, -0.2) is 4.79 Å². The van der Waals surface area contributed by atoms with E-state index in [0.717, 1.165) is 11.3 Å². The first kappa shape index (κ1) is 12.3. The number of fused-ring (bicyclic) bond motifs is 1. The molecule has 0 saturated carbocycles. The van der Waals surface area contributed by atoms with Crippen LogP contribution in [-0.4, -0.2) is 6.09 Å². The number of amides is 1. The smallest absolute Gasteiger partial charge is 0.408 e. The molecule has 5 heteroatoms. The Hall–Kier alpha value is -1.71. The van der Waals surface area contributed by atoms with Gasteiger partial charge in [0, 0.05) is 16.3 Å². The van der Waals surface area contributed by atoms with E-state index < -0.39 is 6.09 Å². The van der Waals surface area contributed by atoms with Crippen molar-refractivity contribution in [3.63, 3.8) is 0 Å². The number of benzene rings is 2. The number of rotatable bonds is 1. The van der Waals surface area contributed by atoms with Crippen LogP contribution >= 0.6 is 23.2 Å². The van der Waals surface area contributed by atoms with Crippen molar-refractivity contribution in [1.29, 1.82) is 0 Å². The summed E-state index contributed by atoms with van der Waals surface area (Å²) in [4.78, 5) is 13.5. The predicted octanol–water partition coefficient (Wildman–Crippen LogP) is 4.51. The minimum absolute atomic E-state index is 0.351. The average Bonchev–Trinajstić information content (AvgIpc) is 2.40. The van der Waals surface area contributed by atoms with Crippen LogP contribution in [0.4, 0.5) is 10.5 Å². The molecule has 0 unspecified atom stereocenters. The van der Waals surface area contributed by atoms with Crippen molar-refractivity contribution in [3.8, 4) is 5.75 Å². The summed E-state index contributed by atoms with van der Waals surface area (Å²) >= 11 is 12.0. The van der Waals surface area contributed by atoms with Gasteiger partial charge < -0.3 is 4.74 Å². The molecule has 0 fully saturated rings. The Bertz CT molecular complexity index is 643. The van der Waals surface area contributed by atoms with Crippen LogP contribution in [0.25, 0.3) is 0 Å². The monoisotopic (exact) mass is 293 g/mol. The van der Waals surface area contributed by atoms with Gasteiger partial charge in [-0.15, -0.1) is 0 Å². The third kappa shape index (κ3) is 2.27. The number of halogens is 2. The molecule has 1 aliphatic rings. The minimum Gasteiger partial charge on any atom is -0.408 e. The van der Waals surface area contributed by atoms with E-state index in [4.69, 9.17) is 27.9 Å². The Labute approximate surface area is 120 Å². The van der Waals surface area contributed by atoms with E-state index in [1.54, 1.807) is 12.1 Å². The van der Waals surface area contributed by atoms with Crippen LogP contribution in [0.2, 0.25) is 10.0 Å². The topological polar surface area (TPSA) is 29.5 Å². The predicted molar refractivity (Wildman–Crippen MR) is 75.1 cm³/mol. The van der Waals surface area contributed by atoms with Crippen molar-refractivity contribution in [1.82, 2.24) is 0 Å². The lowest BCUT2D eigenvalue weighted by molar-refractivity contribution is 0.203. The highest BCUT2D eigenvalue weighted by Gasteiger charge is 2.28. The molecule has 0 N–H and O–H groups in total. The van der Waals surface area contributed by atoms with Gasteiger partial charge in [0.15, 0.2) is 5.75 Å². The maximum Gasteiger partial charge on any atom is 0.420 e. The Morgan fingerprint density at radius 2 is 1.84 bits per heavy atom. The summed E-state index contributed by atoms with van der Waals surface area (Å²) in [6.07, 6.45) is -0.442. The summed E-state index contributed by atoms with van der Waals surface area (Å²) in [5.74, 6) is 0.392. The van der Waals surface area contributed by atoms with Crippen molar-refractivity contribution in [2.75, 3.05) is 4.90 Å². The third-order valence-corrected chi connectivity index (χ3v) is 3.39. The van der Waals surface area contributed by atoms with Crippen LogP contribution in [0, 0.1) is 0 Å². The Kier molecular flexibility index (Phi) is 3.09. The fraction of sp³-hybridized carbons (Fsp3) is 0.0714. The van der Waals surface area contributed by atoms with Crippen molar-refractivity contribution in [3.05, 3.63) is 58.1 Å².